The number of rotatable bonds is 5. The molecule has 1 atom stereocenters. The summed E-state index contributed by atoms with van der Waals surface area (Å²) < 4.78 is 0. The third-order valence-electron chi connectivity index (χ3n) is 3.88. The molecule has 0 saturated heterocycles. The van der Waals surface area contributed by atoms with Crippen LogP contribution >= 0.6 is 0 Å². The summed E-state index contributed by atoms with van der Waals surface area (Å²) in [5.74, 6) is 0.558. The van der Waals surface area contributed by atoms with Gasteiger partial charge in [-0.3, -0.25) is 0 Å². The first kappa shape index (κ1) is 15.2. The summed E-state index contributed by atoms with van der Waals surface area (Å²) in [6.45, 7) is 11.7. The van der Waals surface area contributed by atoms with Gasteiger partial charge in [-0.2, -0.15) is 0 Å². The van der Waals surface area contributed by atoms with Crippen molar-refractivity contribution in [3.05, 3.63) is 34.9 Å². The Morgan fingerprint density at radius 1 is 1.28 bits per heavy atom. The van der Waals surface area contributed by atoms with Gasteiger partial charge in [-0.1, -0.05) is 45.9 Å². The first-order valence-electron chi connectivity index (χ1n) is 6.81. The van der Waals surface area contributed by atoms with Crippen molar-refractivity contribution < 1.29 is 0 Å². The molecule has 18 heavy (non-hydrogen) atoms. The van der Waals surface area contributed by atoms with E-state index in [1.807, 2.05) is 7.05 Å². The van der Waals surface area contributed by atoms with Gasteiger partial charge in [-0.15, -0.1) is 0 Å². The number of benzene rings is 1. The number of hydrogen-bond acceptors (Lipinski definition) is 2. The molecule has 0 aliphatic carbocycles. The fraction of sp³-hybridized carbons (Fsp3) is 0.625. The molecule has 1 aromatic carbocycles. The highest BCUT2D eigenvalue weighted by molar-refractivity contribution is 5.36. The van der Waals surface area contributed by atoms with Crippen LogP contribution in [-0.4, -0.2) is 13.6 Å². The maximum absolute atomic E-state index is 5.93. The minimum absolute atomic E-state index is 0.0507. The Kier molecular flexibility index (Phi) is 4.94. The molecule has 2 nitrogen and oxygen atoms in total. The van der Waals surface area contributed by atoms with Gasteiger partial charge in [0.15, 0.2) is 0 Å². The van der Waals surface area contributed by atoms with Crippen LogP contribution in [0.1, 0.15) is 56.3 Å². The van der Waals surface area contributed by atoms with Gasteiger partial charge in [0.1, 0.15) is 0 Å². The normalized spacial score (nSPS) is 14.0. The van der Waals surface area contributed by atoms with Crippen LogP contribution in [0.3, 0.4) is 0 Å². The molecular formula is C16H28N2. The Balaban J connectivity index is 3.24. The van der Waals surface area contributed by atoms with Crippen molar-refractivity contribution in [2.75, 3.05) is 13.6 Å². The summed E-state index contributed by atoms with van der Waals surface area (Å²) in [6, 6.07) is 7.08. The lowest BCUT2D eigenvalue weighted by Crippen LogP contribution is -2.38. The molecule has 102 valence electrons. The highest BCUT2D eigenvalue weighted by Gasteiger charge is 2.29. The molecule has 0 radical (unpaired) electrons. The molecular weight excluding hydrogens is 220 g/mol. The highest BCUT2D eigenvalue weighted by Crippen LogP contribution is 2.35. The van der Waals surface area contributed by atoms with Crippen LogP contribution in [0, 0.1) is 12.3 Å². The fourth-order valence-electron chi connectivity index (χ4n) is 2.41. The zero-order valence-corrected chi connectivity index (χ0v) is 12.7. The first-order valence-corrected chi connectivity index (χ1v) is 6.81. The second-order valence-corrected chi connectivity index (χ2v) is 6.19. The zero-order chi connectivity index (χ0) is 13.9. The van der Waals surface area contributed by atoms with Crippen molar-refractivity contribution in [2.24, 2.45) is 11.1 Å². The summed E-state index contributed by atoms with van der Waals surface area (Å²) in [5, 5.41) is 3.44. The maximum Gasteiger partial charge on any atom is 0.0384 e. The van der Waals surface area contributed by atoms with E-state index in [1.54, 1.807) is 0 Å². The van der Waals surface area contributed by atoms with Crippen molar-refractivity contribution >= 4 is 0 Å². The minimum atomic E-state index is 0.0507. The van der Waals surface area contributed by atoms with E-state index in [4.69, 9.17) is 5.73 Å². The summed E-state index contributed by atoms with van der Waals surface area (Å²) in [6.07, 6.45) is 0. The van der Waals surface area contributed by atoms with Crippen molar-refractivity contribution in [1.82, 2.24) is 5.32 Å². The van der Waals surface area contributed by atoms with Crippen LogP contribution in [0.25, 0.3) is 0 Å². The lowest BCUT2D eigenvalue weighted by atomic mass is 9.78. The third-order valence-corrected chi connectivity index (χ3v) is 3.88. The molecule has 1 rings (SSSR count). The van der Waals surface area contributed by atoms with Crippen LogP contribution in [0.5, 0.6) is 0 Å². The van der Waals surface area contributed by atoms with Crippen LogP contribution in [-0.2, 0) is 0 Å². The third kappa shape index (κ3) is 3.12. The molecule has 0 spiro atoms. The van der Waals surface area contributed by atoms with Crippen LogP contribution in [0.2, 0.25) is 0 Å². The average molecular weight is 248 g/mol. The van der Waals surface area contributed by atoms with Crippen molar-refractivity contribution in [2.45, 2.75) is 46.6 Å². The van der Waals surface area contributed by atoms with Crippen LogP contribution < -0.4 is 11.1 Å². The van der Waals surface area contributed by atoms with E-state index in [1.165, 1.54) is 16.7 Å². The average Bonchev–Trinajstić information content (AvgIpc) is 2.31. The van der Waals surface area contributed by atoms with Crippen LogP contribution in [0.4, 0.5) is 0 Å². The standard InChI is InChI=1S/C16H28N2/c1-11(2)13-8-7-12(3)14(9-13)15(18-6)16(4,5)10-17/h7-9,11,15,18H,10,17H2,1-6H3. The topological polar surface area (TPSA) is 38.0 Å². The van der Waals surface area contributed by atoms with E-state index >= 15 is 0 Å². The number of nitrogens with one attached hydrogen (secondary N) is 1. The Morgan fingerprint density at radius 3 is 2.33 bits per heavy atom. The van der Waals surface area contributed by atoms with E-state index in [-0.39, 0.29) is 5.41 Å². The van der Waals surface area contributed by atoms with Gasteiger partial charge in [0, 0.05) is 6.04 Å². The van der Waals surface area contributed by atoms with Gasteiger partial charge in [-0.05, 0) is 48.5 Å². The van der Waals surface area contributed by atoms with E-state index in [2.05, 4.69) is 58.1 Å². The molecule has 0 aromatic heterocycles. The predicted octanol–water partition coefficient (Wildman–Crippen LogP) is 3.36. The Morgan fingerprint density at radius 2 is 1.89 bits per heavy atom. The molecule has 0 amide bonds. The van der Waals surface area contributed by atoms with E-state index in [0.29, 0.717) is 18.5 Å². The first-order chi connectivity index (χ1) is 8.33. The second-order valence-electron chi connectivity index (χ2n) is 6.19. The van der Waals surface area contributed by atoms with Crippen molar-refractivity contribution in [3.63, 3.8) is 0 Å². The monoisotopic (exact) mass is 248 g/mol. The lowest BCUT2D eigenvalue weighted by Gasteiger charge is -2.34. The molecule has 2 heteroatoms. The van der Waals surface area contributed by atoms with Gasteiger partial charge in [-0.25, -0.2) is 0 Å². The van der Waals surface area contributed by atoms with Crippen molar-refractivity contribution in [3.8, 4) is 0 Å². The predicted molar refractivity (Wildman–Crippen MR) is 79.9 cm³/mol. The van der Waals surface area contributed by atoms with E-state index < -0.39 is 0 Å². The molecule has 3 N–H and O–H groups in total. The molecule has 0 bridgehead atoms. The molecule has 0 fully saturated rings. The molecule has 1 aromatic rings. The molecule has 0 aliphatic rings. The van der Waals surface area contributed by atoms with Gasteiger partial charge in [0.05, 0.1) is 0 Å². The maximum atomic E-state index is 5.93. The zero-order valence-electron chi connectivity index (χ0n) is 12.7. The summed E-state index contributed by atoms with van der Waals surface area (Å²) >= 11 is 0. The molecule has 0 heterocycles. The summed E-state index contributed by atoms with van der Waals surface area (Å²) in [7, 11) is 2.02. The quantitative estimate of drug-likeness (QED) is 0.838. The highest BCUT2D eigenvalue weighted by atomic mass is 14.9. The summed E-state index contributed by atoms with van der Waals surface area (Å²) in [5.41, 5.74) is 10.1. The van der Waals surface area contributed by atoms with E-state index in [0.717, 1.165) is 0 Å². The summed E-state index contributed by atoms with van der Waals surface area (Å²) in [4.78, 5) is 0. The molecule has 1 unspecified atom stereocenters. The Hall–Kier alpha value is -0.860. The molecule has 0 saturated carbocycles. The van der Waals surface area contributed by atoms with E-state index in [9.17, 15) is 0 Å². The van der Waals surface area contributed by atoms with Gasteiger partial charge < -0.3 is 11.1 Å². The molecule has 0 aliphatic heterocycles. The largest absolute Gasteiger partial charge is 0.330 e. The van der Waals surface area contributed by atoms with Crippen molar-refractivity contribution in [1.29, 1.82) is 0 Å². The lowest BCUT2D eigenvalue weighted by molar-refractivity contribution is 0.264. The SMILES string of the molecule is CNC(c1cc(C(C)C)ccc1C)C(C)(C)CN. The second kappa shape index (κ2) is 5.85. The Bertz CT molecular complexity index is 394. The number of nitrogens with two attached hydrogens (primary N) is 1. The van der Waals surface area contributed by atoms with Gasteiger partial charge in [0.25, 0.3) is 0 Å². The number of aryl methyl sites for hydroxylation is 1. The van der Waals surface area contributed by atoms with Crippen LogP contribution in [0.15, 0.2) is 18.2 Å². The fourth-order valence-corrected chi connectivity index (χ4v) is 2.41. The number of hydrogen-bond donors (Lipinski definition) is 2. The minimum Gasteiger partial charge on any atom is -0.330 e. The van der Waals surface area contributed by atoms with Gasteiger partial charge in [0.2, 0.25) is 0 Å². The van der Waals surface area contributed by atoms with Gasteiger partial charge >= 0.3 is 0 Å². The smallest absolute Gasteiger partial charge is 0.0384 e. The Labute approximate surface area is 112 Å².